The van der Waals surface area contributed by atoms with Crippen LogP contribution in [0.15, 0.2) is 132 Å². The Bertz CT molecular complexity index is 2060. The molecule has 0 spiro atoms. The molecule has 0 N–H and O–H groups in total. The van der Waals surface area contributed by atoms with E-state index in [4.69, 9.17) is 18.7 Å². The zero-order chi connectivity index (χ0) is 31.1. The van der Waals surface area contributed by atoms with Gasteiger partial charge in [-0.3, -0.25) is 0 Å². The third kappa shape index (κ3) is 6.46. The molecule has 0 fully saturated rings. The summed E-state index contributed by atoms with van der Waals surface area (Å²) in [5, 5.41) is 16.3. The van der Waals surface area contributed by atoms with Crippen LogP contribution >= 0.6 is 0 Å². The minimum Gasteiger partial charge on any atom is -0.493 e. The smallest absolute Gasteiger partial charge is 0.365 e. The Morgan fingerprint density at radius 1 is 0.587 bits per heavy atom. The fourth-order valence-corrected chi connectivity index (χ4v) is 4.76. The third-order valence-corrected chi connectivity index (χ3v) is 7.17. The van der Waals surface area contributed by atoms with Crippen LogP contribution in [-0.2, 0) is 0 Å². The highest BCUT2D eigenvalue weighted by atomic mass is 16.7. The normalized spacial score (nSPS) is 11.0. The molecular weight excluding hydrogens is 582 g/mol. The third-order valence-electron chi connectivity index (χ3n) is 7.17. The topological polar surface area (TPSA) is 114 Å². The van der Waals surface area contributed by atoms with Gasteiger partial charge in [-0.05, 0) is 89.1 Å². The van der Waals surface area contributed by atoms with Gasteiger partial charge < -0.3 is 18.7 Å². The number of hydrogen-bond acceptors (Lipinski definition) is 9. The molecule has 2 aromatic heterocycles. The molecule has 0 saturated carbocycles. The van der Waals surface area contributed by atoms with Crippen LogP contribution in [0.3, 0.4) is 0 Å². The van der Waals surface area contributed by atoms with Crippen molar-refractivity contribution in [2.45, 2.75) is 6.42 Å². The molecule has 0 saturated heterocycles. The fourth-order valence-electron chi connectivity index (χ4n) is 4.76. The van der Waals surface area contributed by atoms with Gasteiger partial charge in [0.1, 0.15) is 22.5 Å². The molecule has 0 radical (unpaired) electrons. The van der Waals surface area contributed by atoms with Crippen molar-refractivity contribution in [1.82, 2.24) is 25.4 Å². The van der Waals surface area contributed by atoms with E-state index in [0.29, 0.717) is 47.2 Å². The van der Waals surface area contributed by atoms with Crippen molar-refractivity contribution in [1.29, 1.82) is 0 Å². The first-order valence-electron chi connectivity index (χ1n) is 14.7. The second-order valence-corrected chi connectivity index (χ2v) is 10.3. The van der Waals surface area contributed by atoms with Gasteiger partial charge in [0.05, 0.1) is 18.8 Å². The molecule has 5 aromatic carbocycles. The molecule has 226 valence electrons. The lowest BCUT2D eigenvalue weighted by atomic mass is 10.0. The first-order chi connectivity index (χ1) is 22.7. The summed E-state index contributed by atoms with van der Waals surface area (Å²) in [7, 11) is 0. The Morgan fingerprint density at radius 2 is 1.13 bits per heavy atom. The maximum Gasteiger partial charge on any atom is 0.365 e. The Hall–Kier alpha value is -6.29. The summed E-state index contributed by atoms with van der Waals surface area (Å²) in [6.45, 7) is 1.17. The van der Waals surface area contributed by atoms with E-state index in [1.165, 1.54) is 0 Å². The monoisotopic (exact) mass is 609 g/mol. The van der Waals surface area contributed by atoms with Crippen molar-refractivity contribution >= 4 is 17.0 Å². The maximum absolute atomic E-state index is 12.7. The highest BCUT2D eigenvalue weighted by molar-refractivity contribution is 5.90. The Balaban J connectivity index is 0.931. The number of benzene rings is 5. The molecule has 10 nitrogen and oxygen atoms in total. The molecule has 0 aliphatic heterocycles. The summed E-state index contributed by atoms with van der Waals surface area (Å²) in [6, 6.07) is 39.6. The lowest BCUT2D eigenvalue weighted by Crippen LogP contribution is -2.20. The molecule has 0 unspecified atom stereocenters. The molecular formula is C36H27N5O5. The summed E-state index contributed by atoms with van der Waals surface area (Å²) >= 11 is 0. The summed E-state index contributed by atoms with van der Waals surface area (Å²) in [5.74, 6) is 1.84. The molecule has 7 aromatic rings. The van der Waals surface area contributed by atoms with Crippen LogP contribution in [0.1, 0.15) is 16.8 Å². The van der Waals surface area contributed by atoms with Gasteiger partial charge in [0, 0.05) is 17.5 Å². The van der Waals surface area contributed by atoms with Gasteiger partial charge in [-0.15, -0.1) is 15.3 Å². The van der Waals surface area contributed by atoms with Gasteiger partial charge in [-0.25, -0.2) is 4.79 Å². The largest absolute Gasteiger partial charge is 0.493 e. The van der Waals surface area contributed by atoms with Crippen molar-refractivity contribution in [3.8, 4) is 45.5 Å². The van der Waals surface area contributed by atoms with Crippen molar-refractivity contribution < 1.29 is 23.5 Å². The van der Waals surface area contributed by atoms with Crippen LogP contribution in [0.2, 0.25) is 0 Å². The maximum atomic E-state index is 12.7. The first-order valence-corrected chi connectivity index (χ1v) is 14.7. The number of para-hydroxylation sites is 2. The number of rotatable bonds is 11. The average molecular weight is 610 g/mol. The van der Waals surface area contributed by atoms with Gasteiger partial charge >= 0.3 is 5.97 Å². The van der Waals surface area contributed by atoms with Gasteiger partial charge in [-0.1, -0.05) is 59.4 Å². The zero-order valence-corrected chi connectivity index (χ0v) is 24.5. The minimum atomic E-state index is -0.569. The number of nitrogens with zero attached hydrogens (tertiary/aromatic N) is 5. The molecule has 0 aliphatic carbocycles. The van der Waals surface area contributed by atoms with Crippen LogP contribution in [-0.4, -0.2) is 44.5 Å². The molecule has 0 aliphatic rings. The molecule has 0 bridgehead atoms. The standard InChI is InChI=1S/C36H27N5O5/c42-36(46-41-33-10-5-4-9-32(33)37-40-41)29-17-15-28(16-18-29)35-39-38-34(45-35)27-13-11-25(12-14-27)26-19-21-31(22-20-26)44-24-6-23-43-30-7-2-1-3-8-30/h1-5,7-22H,6,23-24H2. The number of aromatic nitrogens is 5. The fraction of sp³-hybridized carbons (Fsp3) is 0.0833. The Kier molecular flexibility index (Phi) is 8.14. The van der Waals surface area contributed by atoms with Crippen molar-refractivity contribution in [2.24, 2.45) is 0 Å². The van der Waals surface area contributed by atoms with E-state index in [1.54, 1.807) is 36.4 Å². The molecule has 0 amide bonds. The highest BCUT2D eigenvalue weighted by Crippen LogP contribution is 2.28. The van der Waals surface area contributed by atoms with Gasteiger partial charge in [0.2, 0.25) is 11.8 Å². The van der Waals surface area contributed by atoms with E-state index in [9.17, 15) is 4.79 Å². The predicted molar refractivity (Wildman–Crippen MR) is 171 cm³/mol. The predicted octanol–water partition coefficient (Wildman–Crippen LogP) is 6.93. The van der Waals surface area contributed by atoms with Crippen LogP contribution in [0.25, 0.3) is 45.1 Å². The number of fused-ring (bicyclic) bond motifs is 1. The van der Waals surface area contributed by atoms with Gasteiger partial charge in [-0.2, -0.15) is 0 Å². The van der Waals surface area contributed by atoms with E-state index in [-0.39, 0.29) is 0 Å². The SMILES string of the molecule is O=C(On1nnc2ccccc21)c1ccc(-c2nnc(-c3ccc(-c4ccc(OCCCOc5ccccc5)cc4)cc3)o2)cc1. The number of carbonyl (C=O) groups is 1. The molecule has 0 atom stereocenters. The second-order valence-electron chi connectivity index (χ2n) is 10.3. The lowest BCUT2D eigenvalue weighted by Gasteiger charge is -2.09. The minimum absolute atomic E-state index is 0.337. The van der Waals surface area contributed by atoms with E-state index in [1.807, 2.05) is 91.0 Å². The van der Waals surface area contributed by atoms with E-state index in [0.717, 1.165) is 39.5 Å². The quantitative estimate of drug-likeness (QED) is 0.114. The van der Waals surface area contributed by atoms with Crippen molar-refractivity contribution in [3.63, 3.8) is 0 Å². The number of ether oxygens (including phenoxy) is 2. The zero-order valence-electron chi connectivity index (χ0n) is 24.5. The Morgan fingerprint density at radius 3 is 1.80 bits per heavy atom. The van der Waals surface area contributed by atoms with Crippen LogP contribution in [0, 0.1) is 0 Å². The lowest BCUT2D eigenvalue weighted by molar-refractivity contribution is 0.0409. The van der Waals surface area contributed by atoms with Crippen LogP contribution in [0.5, 0.6) is 11.5 Å². The summed E-state index contributed by atoms with van der Waals surface area (Å²) in [4.78, 5) is 19.2. The number of hydrogen-bond donors (Lipinski definition) is 0. The summed E-state index contributed by atoms with van der Waals surface area (Å²) < 4.78 is 17.5. The van der Waals surface area contributed by atoms with Crippen molar-refractivity contribution in [2.75, 3.05) is 13.2 Å². The number of carbonyl (C=O) groups excluding carboxylic acids is 1. The highest BCUT2D eigenvalue weighted by Gasteiger charge is 2.15. The molecule has 10 heteroatoms. The van der Waals surface area contributed by atoms with Crippen LogP contribution < -0.4 is 14.3 Å². The second kappa shape index (κ2) is 13.1. The molecule has 46 heavy (non-hydrogen) atoms. The Labute approximate surface area is 263 Å². The first kappa shape index (κ1) is 28.5. The van der Waals surface area contributed by atoms with E-state index in [2.05, 4.69) is 20.5 Å². The molecule has 2 heterocycles. The average Bonchev–Trinajstić information content (AvgIpc) is 3.77. The van der Waals surface area contributed by atoms with Crippen LogP contribution in [0.4, 0.5) is 0 Å². The summed E-state index contributed by atoms with van der Waals surface area (Å²) in [5.41, 5.74) is 5.14. The van der Waals surface area contributed by atoms with Gasteiger partial charge in [0.25, 0.3) is 0 Å². The van der Waals surface area contributed by atoms with E-state index >= 15 is 0 Å². The summed E-state index contributed by atoms with van der Waals surface area (Å²) in [6.07, 6.45) is 0.790. The van der Waals surface area contributed by atoms with Crippen molar-refractivity contribution in [3.05, 3.63) is 133 Å². The van der Waals surface area contributed by atoms with Gasteiger partial charge in [0.15, 0.2) is 0 Å². The van der Waals surface area contributed by atoms with E-state index < -0.39 is 5.97 Å². The molecule has 7 rings (SSSR count).